The van der Waals surface area contributed by atoms with Crippen LogP contribution < -0.4 is 9.47 Å². The molecule has 2 aromatic rings. The van der Waals surface area contributed by atoms with Gasteiger partial charge in [-0.2, -0.15) is 4.31 Å². The molecule has 2 aromatic carbocycles. The van der Waals surface area contributed by atoms with Crippen LogP contribution in [0.25, 0.3) is 0 Å². The van der Waals surface area contributed by atoms with E-state index in [-0.39, 0.29) is 29.6 Å². The van der Waals surface area contributed by atoms with Gasteiger partial charge in [0, 0.05) is 32.6 Å². The SMILES string of the molecule is COc1ccc(CCC(=O)N2CCN(S(=O)(=O)c3cc(C)ccc3O)CC2)cc1OC. The van der Waals surface area contributed by atoms with Crippen molar-refractivity contribution >= 4 is 15.9 Å². The van der Waals surface area contributed by atoms with Crippen LogP contribution in [0.15, 0.2) is 41.3 Å². The van der Waals surface area contributed by atoms with Gasteiger partial charge in [0.15, 0.2) is 11.5 Å². The van der Waals surface area contributed by atoms with Crippen molar-refractivity contribution in [2.24, 2.45) is 0 Å². The Hall–Kier alpha value is -2.78. The summed E-state index contributed by atoms with van der Waals surface area (Å²) in [4.78, 5) is 14.2. The van der Waals surface area contributed by atoms with Crippen LogP contribution in [-0.4, -0.2) is 69.0 Å². The first-order chi connectivity index (χ1) is 14.8. The molecule has 31 heavy (non-hydrogen) atoms. The zero-order chi connectivity index (χ0) is 22.6. The number of hydrogen-bond donors (Lipinski definition) is 1. The molecule has 0 saturated carbocycles. The van der Waals surface area contributed by atoms with Gasteiger partial charge in [0.25, 0.3) is 0 Å². The van der Waals surface area contributed by atoms with Gasteiger partial charge in [0.05, 0.1) is 14.2 Å². The molecule has 1 N–H and O–H groups in total. The van der Waals surface area contributed by atoms with Crippen molar-refractivity contribution in [1.29, 1.82) is 0 Å². The number of aryl methyl sites for hydroxylation is 2. The van der Waals surface area contributed by atoms with Gasteiger partial charge in [-0.1, -0.05) is 12.1 Å². The summed E-state index contributed by atoms with van der Waals surface area (Å²) in [6, 6.07) is 10.1. The molecule has 9 heteroatoms. The van der Waals surface area contributed by atoms with Crippen molar-refractivity contribution in [2.45, 2.75) is 24.7 Å². The summed E-state index contributed by atoms with van der Waals surface area (Å²) >= 11 is 0. The third-order valence-corrected chi connectivity index (χ3v) is 7.33. The van der Waals surface area contributed by atoms with Crippen LogP contribution in [0.1, 0.15) is 17.5 Å². The molecular formula is C22H28N2O6S. The maximum absolute atomic E-state index is 12.9. The summed E-state index contributed by atoms with van der Waals surface area (Å²) < 4.78 is 37.6. The fourth-order valence-electron chi connectivity index (χ4n) is 3.59. The van der Waals surface area contributed by atoms with Crippen molar-refractivity contribution in [3.63, 3.8) is 0 Å². The van der Waals surface area contributed by atoms with Crippen LogP contribution >= 0.6 is 0 Å². The van der Waals surface area contributed by atoms with Crippen molar-refractivity contribution in [1.82, 2.24) is 9.21 Å². The molecule has 0 radical (unpaired) electrons. The fourth-order valence-corrected chi connectivity index (χ4v) is 5.18. The highest BCUT2D eigenvalue weighted by Crippen LogP contribution is 2.29. The predicted octanol–water partition coefficient (Wildman–Crippen LogP) is 2.18. The van der Waals surface area contributed by atoms with Crippen LogP contribution in [0.5, 0.6) is 17.2 Å². The van der Waals surface area contributed by atoms with E-state index < -0.39 is 10.0 Å². The Balaban J connectivity index is 1.58. The summed E-state index contributed by atoms with van der Waals surface area (Å²) in [7, 11) is -0.677. The second-order valence-corrected chi connectivity index (χ2v) is 9.35. The van der Waals surface area contributed by atoms with Crippen molar-refractivity contribution in [3.05, 3.63) is 47.5 Å². The minimum absolute atomic E-state index is 0.0229. The first kappa shape index (κ1) is 22.9. The summed E-state index contributed by atoms with van der Waals surface area (Å²) in [5, 5.41) is 10.0. The van der Waals surface area contributed by atoms with Crippen LogP contribution in [-0.2, 0) is 21.2 Å². The van der Waals surface area contributed by atoms with Crippen LogP contribution in [0.3, 0.4) is 0 Å². The van der Waals surface area contributed by atoms with Gasteiger partial charge >= 0.3 is 0 Å². The maximum atomic E-state index is 12.9. The third-order valence-electron chi connectivity index (χ3n) is 5.40. The Labute approximate surface area is 183 Å². The Morgan fingerprint density at radius 3 is 2.32 bits per heavy atom. The highest BCUT2D eigenvalue weighted by molar-refractivity contribution is 7.89. The summed E-state index contributed by atoms with van der Waals surface area (Å²) in [5.41, 5.74) is 1.71. The molecule has 3 rings (SSSR count). The van der Waals surface area contributed by atoms with Gasteiger partial charge in [-0.3, -0.25) is 4.79 Å². The summed E-state index contributed by atoms with van der Waals surface area (Å²) in [5.74, 6) is 0.962. The number of phenolic OH excluding ortho intramolecular Hbond substituents is 1. The van der Waals surface area contributed by atoms with Gasteiger partial charge in [-0.05, 0) is 48.7 Å². The lowest BCUT2D eigenvalue weighted by Crippen LogP contribution is -2.50. The number of carbonyl (C=O) groups is 1. The molecule has 0 unspecified atom stereocenters. The molecule has 1 amide bonds. The first-order valence-corrected chi connectivity index (χ1v) is 11.5. The number of carbonyl (C=O) groups excluding carboxylic acids is 1. The molecular weight excluding hydrogens is 420 g/mol. The number of rotatable bonds is 7. The second-order valence-electron chi connectivity index (χ2n) is 7.45. The Bertz CT molecular complexity index is 1050. The number of phenols is 1. The van der Waals surface area contributed by atoms with Crippen LogP contribution in [0.2, 0.25) is 0 Å². The first-order valence-electron chi connectivity index (χ1n) is 10.0. The van der Waals surface area contributed by atoms with Gasteiger partial charge in [-0.25, -0.2) is 8.42 Å². The van der Waals surface area contributed by atoms with E-state index in [2.05, 4.69) is 0 Å². The van der Waals surface area contributed by atoms with Gasteiger partial charge in [0.1, 0.15) is 10.6 Å². The number of hydrogen-bond acceptors (Lipinski definition) is 6. The van der Waals surface area contributed by atoms with Crippen molar-refractivity contribution in [3.8, 4) is 17.2 Å². The molecule has 1 heterocycles. The topological polar surface area (TPSA) is 96.4 Å². The minimum atomic E-state index is -3.81. The highest BCUT2D eigenvalue weighted by atomic mass is 32.2. The number of piperazine rings is 1. The molecule has 1 aliphatic rings. The van der Waals surface area contributed by atoms with Gasteiger partial charge in [0.2, 0.25) is 15.9 Å². The predicted molar refractivity (Wildman–Crippen MR) is 116 cm³/mol. The highest BCUT2D eigenvalue weighted by Gasteiger charge is 2.31. The molecule has 1 aliphatic heterocycles. The quantitative estimate of drug-likeness (QED) is 0.698. The largest absolute Gasteiger partial charge is 0.507 e. The molecule has 1 saturated heterocycles. The van der Waals surface area contributed by atoms with E-state index in [1.165, 1.54) is 16.4 Å². The standard InChI is InChI=1S/C22H28N2O6S/c1-16-4-7-18(25)21(14-16)31(27,28)24-12-10-23(11-13-24)22(26)9-6-17-5-8-19(29-2)20(15-17)30-3/h4-5,7-8,14-15,25H,6,9-13H2,1-3H3. The molecule has 1 fully saturated rings. The molecule has 0 bridgehead atoms. The lowest BCUT2D eigenvalue weighted by Gasteiger charge is -2.34. The summed E-state index contributed by atoms with van der Waals surface area (Å²) in [6.07, 6.45) is 0.871. The normalized spacial score (nSPS) is 15.0. The Kier molecular flexibility index (Phi) is 7.07. The number of amides is 1. The molecule has 0 aromatic heterocycles. The van der Waals surface area contributed by atoms with E-state index in [1.807, 2.05) is 18.2 Å². The second kappa shape index (κ2) is 9.57. The number of ether oxygens (including phenoxy) is 2. The van der Waals surface area contributed by atoms with Crippen LogP contribution in [0.4, 0.5) is 0 Å². The zero-order valence-electron chi connectivity index (χ0n) is 18.0. The number of benzene rings is 2. The lowest BCUT2D eigenvalue weighted by molar-refractivity contribution is -0.132. The molecule has 0 atom stereocenters. The van der Waals surface area contributed by atoms with E-state index >= 15 is 0 Å². The number of nitrogens with zero attached hydrogens (tertiary/aromatic N) is 2. The number of sulfonamides is 1. The molecule has 0 spiro atoms. The lowest BCUT2D eigenvalue weighted by atomic mass is 10.1. The van der Waals surface area contributed by atoms with E-state index in [0.29, 0.717) is 37.4 Å². The zero-order valence-corrected chi connectivity index (χ0v) is 18.8. The van der Waals surface area contributed by atoms with E-state index in [1.54, 1.807) is 32.1 Å². The average molecular weight is 449 g/mol. The Morgan fingerprint density at radius 2 is 1.68 bits per heavy atom. The van der Waals surface area contributed by atoms with Gasteiger partial charge < -0.3 is 19.5 Å². The van der Waals surface area contributed by atoms with E-state index in [0.717, 1.165) is 11.1 Å². The third kappa shape index (κ3) is 5.11. The molecule has 8 nitrogen and oxygen atoms in total. The van der Waals surface area contributed by atoms with Crippen molar-refractivity contribution in [2.75, 3.05) is 40.4 Å². The van der Waals surface area contributed by atoms with Crippen molar-refractivity contribution < 1.29 is 27.8 Å². The van der Waals surface area contributed by atoms with E-state index in [4.69, 9.17) is 9.47 Å². The number of aromatic hydroxyl groups is 1. The fraction of sp³-hybridized carbons (Fsp3) is 0.409. The average Bonchev–Trinajstić information content (AvgIpc) is 2.78. The molecule has 168 valence electrons. The van der Waals surface area contributed by atoms with Gasteiger partial charge in [-0.15, -0.1) is 0 Å². The minimum Gasteiger partial charge on any atom is -0.507 e. The summed E-state index contributed by atoms with van der Waals surface area (Å²) in [6.45, 7) is 2.79. The Morgan fingerprint density at radius 1 is 1.00 bits per heavy atom. The monoisotopic (exact) mass is 448 g/mol. The smallest absolute Gasteiger partial charge is 0.246 e. The van der Waals surface area contributed by atoms with Crippen LogP contribution in [0, 0.1) is 6.92 Å². The maximum Gasteiger partial charge on any atom is 0.246 e. The van der Waals surface area contributed by atoms with E-state index in [9.17, 15) is 18.3 Å². The molecule has 0 aliphatic carbocycles. The number of methoxy groups -OCH3 is 2.